The van der Waals surface area contributed by atoms with Gasteiger partial charge < -0.3 is 15.4 Å². The van der Waals surface area contributed by atoms with Gasteiger partial charge >= 0.3 is 5.97 Å². The molecule has 0 bridgehead atoms. The van der Waals surface area contributed by atoms with Crippen LogP contribution in [0.2, 0.25) is 0 Å². The monoisotopic (exact) mass is 262 g/mol. The Balaban J connectivity index is 2.50. The van der Waals surface area contributed by atoms with Crippen LogP contribution < -0.4 is 10.6 Å². The Morgan fingerprint density at radius 2 is 1.74 bits per heavy atom. The first-order valence-electron chi connectivity index (χ1n) is 5.89. The maximum atomic E-state index is 11.1. The van der Waals surface area contributed by atoms with E-state index < -0.39 is 0 Å². The van der Waals surface area contributed by atoms with Gasteiger partial charge in [0.25, 0.3) is 0 Å². The Kier molecular flexibility index (Phi) is 5.60. The molecule has 19 heavy (non-hydrogen) atoms. The number of rotatable bonds is 5. The summed E-state index contributed by atoms with van der Waals surface area (Å²) >= 11 is 0. The Morgan fingerprint density at radius 3 is 2.26 bits per heavy atom. The third kappa shape index (κ3) is 5.25. The van der Waals surface area contributed by atoms with Gasteiger partial charge in [-0.1, -0.05) is 6.08 Å². The molecule has 5 nitrogen and oxygen atoms in total. The van der Waals surface area contributed by atoms with Crippen molar-refractivity contribution in [2.24, 2.45) is 0 Å². The van der Waals surface area contributed by atoms with Crippen LogP contribution in [0, 0.1) is 0 Å². The number of hydrogen-bond donors (Lipinski definition) is 2. The number of carbonyl (C=O) groups excluding carboxylic acids is 2. The SMILES string of the molecule is COC(=O)/C(C)=C/CNc1ccc(NC(C)=O)cc1. The Labute approximate surface area is 112 Å². The molecule has 102 valence electrons. The second kappa shape index (κ2) is 7.20. The van der Waals surface area contributed by atoms with Crippen LogP contribution in [0.5, 0.6) is 0 Å². The van der Waals surface area contributed by atoms with E-state index in [1.807, 2.05) is 12.1 Å². The highest BCUT2D eigenvalue weighted by Gasteiger charge is 2.01. The molecule has 1 rings (SSSR count). The molecule has 1 aromatic rings. The maximum absolute atomic E-state index is 11.1. The van der Waals surface area contributed by atoms with Gasteiger partial charge in [-0.05, 0) is 31.2 Å². The third-order valence-electron chi connectivity index (χ3n) is 2.43. The van der Waals surface area contributed by atoms with Gasteiger partial charge in [-0.2, -0.15) is 0 Å². The van der Waals surface area contributed by atoms with Crippen molar-refractivity contribution in [1.29, 1.82) is 0 Å². The molecule has 1 aromatic carbocycles. The van der Waals surface area contributed by atoms with Crippen LogP contribution in [-0.4, -0.2) is 25.5 Å². The van der Waals surface area contributed by atoms with E-state index in [1.165, 1.54) is 14.0 Å². The van der Waals surface area contributed by atoms with Crippen molar-refractivity contribution in [3.63, 3.8) is 0 Å². The van der Waals surface area contributed by atoms with E-state index in [1.54, 1.807) is 25.1 Å². The van der Waals surface area contributed by atoms with Crippen LogP contribution in [0.3, 0.4) is 0 Å². The van der Waals surface area contributed by atoms with Gasteiger partial charge in [0.1, 0.15) is 0 Å². The van der Waals surface area contributed by atoms with E-state index in [4.69, 9.17) is 0 Å². The molecule has 1 amide bonds. The topological polar surface area (TPSA) is 67.4 Å². The fourth-order valence-electron chi connectivity index (χ4n) is 1.44. The van der Waals surface area contributed by atoms with Gasteiger partial charge in [0.15, 0.2) is 0 Å². The molecule has 0 saturated heterocycles. The quantitative estimate of drug-likeness (QED) is 0.630. The molecular weight excluding hydrogens is 244 g/mol. The normalized spacial score (nSPS) is 10.8. The summed E-state index contributed by atoms with van der Waals surface area (Å²) in [6.07, 6.45) is 1.76. The standard InChI is InChI=1S/C14H18N2O3/c1-10(14(18)19-3)8-9-15-12-4-6-13(7-5-12)16-11(2)17/h4-8,15H,9H2,1-3H3,(H,16,17)/b10-8+. The van der Waals surface area contributed by atoms with Gasteiger partial charge in [0.2, 0.25) is 5.91 Å². The number of amides is 1. The first kappa shape index (κ1) is 14.8. The molecule has 0 radical (unpaired) electrons. The zero-order chi connectivity index (χ0) is 14.3. The zero-order valence-electron chi connectivity index (χ0n) is 11.3. The Morgan fingerprint density at radius 1 is 1.16 bits per heavy atom. The van der Waals surface area contributed by atoms with Gasteiger partial charge in [-0.3, -0.25) is 4.79 Å². The van der Waals surface area contributed by atoms with E-state index >= 15 is 0 Å². The predicted molar refractivity (Wildman–Crippen MR) is 75.0 cm³/mol. The lowest BCUT2D eigenvalue weighted by molar-refractivity contribution is -0.136. The van der Waals surface area contributed by atoms with E-state index in [0.29, 0.717) is 12.1 Å². The van der Waals surface area contributed by atoms with Crippen LogP contribution in [-0.2, 0) is 14.3 Å². The third-order valence-corrected chi connectivity index (χ3v) is 2.43. The van der Waals surface area contributed by atoms with Gasteiger partial charge in [-0.25, -0.2) is 4.79 Å². The molecule has 0 atom stereocenters. The number of benzene rings is 1. The van der Waals surface area contributed by atoms with Gasteiger partial charge in [0.05, 0.1) is 7.11 Å². The number of nitrogens with one attached hydrogen (secondary N) is 2. The molecule has 0 aliphatic rings. The lowest BCUT2D eigenvalue weighted by Gasteiger charge is -2.06. The minimum atomic E-state index is -0.331. The van der Waals surface area contributed by atoms with Gasteiger partial charge in [-0.15, -0.1) is 0 Å². The molecule has 0 aliphatic carbocycles. The lowest BCUT2D eigenvalue weighted by Crippen LogP contribution is -2.06. The predicted octanol–water partition coefficient (Wildman–Crippen LogP) is 2.18. The minimum absolute atomic E-state index is 0.0997. The smallest absolute Gasteiger partial charge is 0.333 e. The number of hydrogen-bond acceptors (Lipinski definition) is 4. The average molecular weight is 262 g/mol. The fraction of sp³-hybridized carbons (Fsp3) is 0.286. The van der Waals surface area contributed by atoms with Crippen molar-refractivity contribution in [2.45, 2.75) is 13.8 Å². The first-order chi connectivity index (χ1) is 9.02. The van der Waals surface area contributed by atoms with Crippen molar-refractivity contribution in [3.8, 4) is 0 Å². The summed E-state index contributed by atoms with van der Waals surface area (Å²) in [4.78, 5) is 22.0. The van der Waals surface area contributed by atoms with E-state index in [9.17, 15) is 9.59 Å². The van der Waals surface area contributed by atoms with Crippen LogP contribution in [0.15, 0.2) is 35.9 Å². The van der Waals surface area contributed by atoms with Crippen molar-refractivity contribution < 1.29 is 14.3 Å². The number of esters is 1. The number of carbonyl (C=O) groups is 2. The molecule has 2 N–H and O–H groups in total. The summed E-state index contributed by atoms with van der Waals surface area (Å²) in [5.74, 6) is -0.430. The van der Waals surface area contributed by atoms with Crippen molar-refractivity contribution in [3.05, 3.63) is 35.9 Å². The van der Waals surface area contributed by atoms with Crippen molar-refractivity contribution in [1.82, 2.24) is 0 Å². The van der Waals surface area contributed by atoms with Crippen molar-refractivity contribution in [2.75, 3.05) is 24.3 Å². The first-order valence-corrected chi connectivity index (χ1v) is 5.89. The number of methoxy groups -OCH3 is 1. The molecule has 0 spiro atoms. The number of anilines is 2. The Bertz CT molecular complexity index is 478. The van der Waals surface area contributed by atoms with Crippen LogP contribution in [0.4, 0.5) is 11.4 Å². The molecule has 0 aliphatic heterocycles. The molecule has 0 heterocycles. The largest absolute Gasteiger partial charge is 0.466 e. The summed E-state index contributed by atoms with van der Waals surface area (Å²) < 4.78 is 4.59. The fourth-order valence-corrected chi connectivity index (χ4v) is 1.44. The summed E-state index contributed by atoms with van der Waals surface area (Å²) in [5, 5.41) is 5.83. The Hall–Kier alpha value is -2.30. The van der Waals surface area contributed by atoms with Crippen LogP contribution in [0.1, 0.15) is 13.8 Å². The summed E-state index contributed by atoms with van der Waals surface area (Å²) in [7, 11) is 1.36. The molecule has 0 aromatic heterocycles. The molecule has 0 unspecified atom stereocenters. The molecule has 0 fully saturated rings. The summed E-state index contributed by atoms with van der Waals surface area (Å²) in [5.41, 5.74) is 2.22. The average Bonchev–Trinajstić information content (AvgIpc) is 2.39. The van der Waals surface area contributed by atoms with E-state index in [-0.39, 0.29) is 11.9 Å². The summed E-state index contributed by atoms with van der Waals surface area (Å²) in [6.45, 7) is 3.69. The summed E-state index contributed by atoms with van der Waals surface area (Å²) in [6, 6.07) is 7.32. The second-order valence-electron chi connectivity index (χ2n) is 4.02. The number of ether oxygens (including phenoxy) is 1. The minimum Gasteiger partial charge on any atom is -0.466 e. The molecular formula is C14H18N2O3. The highest BCUT2D eigenvalue weighted by atomic mass is 16.5. The van der Waals surface area contributed by atoms with Crippen LogP contribution >= 0.6 is 0 Å². The molecule has 0 saturated carbocycles. The maximum Gasteiger partial charge on any atom is 0.333 e. The highest BCUT2D eigenvalue weighted by molar-refractivity contribution is 5.89. The van der Waals surface area contributed by atoms with Crippen molar-refractivity contribution >= 4 is 23.3 Å². The zero-order valence-corrected chi connectivity index (χ0v) is 11.3. The molecule has 5 heteroatoms. The van der Waals surface area contributed by atoms with E-state index in [2.05, 4.69) is 15.4 Å². The van der Waals surface area contributed by atoms with Gasteiger partial charge in [0, 0.05) is 30.4 Å². The van der Waals surface area contributed by atoms with E-state index in [0.717, 1.165) is 11.4 Å². The lowest BCUT2D eigenvalue weighted by atomic mass is 10.2. The highest BCUT2D eigenvalue weighted by Crippen LogP contribution is 2.13. The second-order valence-corrected chi connectivity index (χ2v) is 4.02. The van der Waals surface area contributed by atoms with Crippen LogP contribution in [0.25, 0.3) is 0 Å².